The van der Waals surface area contributed by atoms with E-state index in [0.717, 1.165) is 11.3 Å². The first-order chi connectivity index (χ1) is 7.20. The molecule has 15 heavy (non-hydrogen) atoms. The molecule has 0 unspecified atom stereocenters. The van der Waals surface area contributed by atoms with Crippen LogP contribution in [0, 0.1) is 6.92 Å². The minimum Gasteiger partial charge on any atom is -0.464 e. The molecule has 0 aliphatic carbocycles. The van der Waals surface area contributed by atoms with Gasteiger partial charge >= 0.3 is 5.97 Å². The number of aryl methyl sites for hydroxylation is 1. The molecule has 2 heterocycles. The summed E-state index contributed by atoms with van der Waals surface area (Å²) < 4.78 is 9.36. The number of rotatable bonds is 2. The number of carbonyl (C=O) groups is 1. The van der Waals surface area contributed by atoms with E-state index < -0.39 is 5.97 Å². The van der Waals surface area contributed by atoms with Gasteiger partial charge < -0.3 is 9.26 Å². The lowest BCUT2D eigenvalue weighted by atomic mass is 10.7. The molecule has 0 aliphatic heterocycles. The highest BCUT2D eigenvalue weighted by Gasteiger charge is 2.17. The van der Waals surface area contributed by atoms with Crippen molar-refractivity contribution in [3.8, 4) is 10.9 Å². The van der Waals surface area contributed by atoms with Gasteiger partial charge in [0.2, 0.25) is 10.0 Å². The Bertz CT molecular complexity index is 492. The second kappa shape index (κ2) is 3.73. The van der Waals surface area contributed by atoms with E-state index in [9.17, 15) is 4.79 Å². The number of nitrogens with zero attached hydrogens (tertiary/aromatic N) is 4. The molecule has 0 bridgehead atoms. The Balaban J connectivity index is 2.31. The normalized spacial score (nSPS) is 10.3. The first-order valence-corrected chi connectivity index (χ1v) is 4.75. The molecule has 0 atom stereocenters. The Hall–Kier alpha value is -1.83. The van der Waals surface area contributed by atoms with Crippen LogP contribution in [0.1, 0.15) is 15.6 Å². The molecule has 2 aromatic rings. The highest BCUT2D eigenvalue weighted by molar-refractivity contribution is 7.16. The van der Waals surface area contributed by atoms with E-state index in [2.05, 4.69) is 25.1 Å². The lowest BCUT2D eigenvalue weighted by Gasteiger charge is -1.88. The Labute approximate surface area is 88.1 Å². The molecule has 2 rings (SSSR count). The molecular weight excluding hydrogens is 220 g/mol. The van der Waals surface area contributed by atoms with Crippen LogP contribution < -0.4 is 0 Å². The minimum absolute atomic E-state index is 0.156. The molecule has 0 amide bonds. The highest BCUT2D eigenvalue weighted by Crippen LogP contribution is 2.21. The molecule has 0 saturated heterocycles. The van der Waals surface area contributed by atoms with Crippen molar-refractivity contribution >= 4 is 17.3 Å². The molecule has 0 spiro atoms. The zero-order valence-corrected chi connectivity index (χ0v) is 8.74. The van der Waals surface area contributed by atoms with Crippen molar-refractivity contribution in [1.82, 2.24) is 20.3 Å². The average Bonchev–Trinajstić information content (AvgIpc) is 2.84. The molecule has 0 saturated carbocycles. The molecule has 7 nitrogen and oxygen atoms in total. The van der Waals surface area contributed by atoms with Gasteiger partial charge in [0, 0.05) is 0 Å². The topological polar surface area (TPSA) is 91.0 Å². The van der Waals surface area contributed by atoms with Crippen LogP contribution in [0.3, 0.4) is 0 Å². The summed E-state index contributed by atoms with van der Waals surface area (Å²) in [5, 5.41) is 11.5. The van der Waals surface area contributed by atoms with Gasteiger partial charge in [-0.05, 0) is 6.92 Å². The van der Waals surface area contributed by atoms with Crippen LogP contribution in [-0.4, -0.2) is 33.4 Å². The van der Waals surface area contributed by atoms with Crippen molar-refractivity contribution in [1.29, 1.82) is 0 Å². The summed E-state index contributed by atoms with van der Waals surface area (Å²) in [7, 11) is 1.28. The van der Waals surface area contributed by atoms with Crippen LogP contribution >= 0.6 is 11.3 Å². The third-order valence-corrected chi connectivity index (χ3v) is 2.39. The van der Waals surface area contributed by atoms with E-state index in [-0.39, 0.29) is 10.9 Å². The zero-order chi connectivity index (χ0) is 10.8. The van der Waals surface area contributed by atoms with Crippen molar-refractivity contribution in [3.05, 3.63) is 10.8 Å². The summed E-state index contributed by atoms with van der Waals surface area (Å²) in [5.41, 5.74) is 0. The SMILES string of the molecule is COC(=O)c1nnc(-c2nc(C)no2)s1. The first-order valence-electron chi connectivity index (χ1n) is 3.93. The standard InChI is InChI=1S/C7H6N4O3S/c1-3-8-4(14-11-3)5-9-10-6(15-5)7(12)13-2/h1-2H3. The van der Waals surface area contributed by atoms with E-state index in [1.807, 2.05) is 0 Å². The van der Waals surface area contributed by atoms with Crippen LogP contribution in [-0.2, 0) is 4.74 Å². The van der Waals surface area contributed by atoms with Gasteiger partial charge in [-0.25, -0.2) is 4.79 Å². The molecule has 0 radical (unpaired) electrons. The van der Waals surface area contributed by atoms with E-state index in [1.165, 1.54) is 7.11 Å². The quantitative estimate of drug-likeness (QED) is 0.695. The zero-order valence-electron chi connectivity index (χ0n) is 7.92. The largest absolute Gasteiger partial charge is 0.464 e. The average molecular weight is 226 g/mol. The number of methoxy groups -OCH3 is 1. The van der Waals surface area contributed by atoms with Crippen LogP contribution in [0.25, 0.3) is 10.9 Å². The second-order valence-electron chi connectivity index (χ2n) is 2.55. The molecule has 2 aromatic heterocycles. The number of aromatic nitrogens is 4. The maximum atomic E-state index is 11.1. The third kappa shape index (κ3) is 1.84. The Kier molecular flexibility index (Phi) is 2.42. The van der Waals surface area contributed by atoms with Crippen molar-refractivity contribution in [3.63, 3.8) is 0 Å². The van der Waals surface area contributed by atoms with Crippen molar-refractivity contribution in [2.24, 2.45) is 0 Å². The number of esters is 1. The fourth-order valence-corrected chi connectivity index (χ4v) is 1.55. The second-order valence-corrected chi connectivity index (χ2v) is 3.53. The Morgan fingerprint density at radius 3 is 2.87 bits per heavy atom. The van der Waals surface area contributed by atoms with Gasteiger partial charge in [0.15, 0.2) is 5.82 Å². The predicted octanol–water partition coefficient (Wildman–Crippen LogP) is 0.683. The fraction of sp³-hybridized carbons (Fsp3) is 0.286. The number of hydrogen-bond donors (Lipinski definition) is 0. The summed E-state index contributed by atoms with van der Waals surface area (Å²) >= 11 is 1.04. The Morgan fingerprint density at radius 1 is 1.47 bits per heavy atom. The molecule has 0 aliphatic rings. The van der Waals surface area contributed by atoms with E-state index >= 15 is 0 Å². The molecule has 78 valence electrons. The summed E-state index contributed by atoms with van der Waals surface area (Å²) in [6.45, 7) is 1.69. The number of ether oxygens (including phenoxy) is 1. The summed E-state index contributed by atoms with van der Waals surface area (Å²) in [4.78, 5) is 15.0. The molecular formula is C7H6N4O3S. The van der Waals surface area contributed by atoms with Gasteiger partial charge in [-0.1, -0.05) is 16.5 Å². The predicted molar refractivity (Wildman–Crippen MR) is 49.3 cm³/mol. The van der Waals surface area contributed by atoms with Gasteiger partial charge in [0.05, 0.1) is 7.11 Å². The number of hydrogen-bond acceptors (Lipinski definition) is 8. The lowest BCUT2D eigenvalue weighted by molar-refractivity contribution is 0.0599. The van der Waals surface area contributed by atoms with Crippen LogP contribution in [0.4, 0.5) is 0 Å². The molecule has 0 fully saturated rings. The van der Waals surface area contributed by atoms with E-state index in [4.69, 9.17) is 4.52 Å². The van der Waals surface area contributed by atoms with Crippen LogP contribution in [0.2, 0.25) is 0 Å². The van der Waals surface area contributed by atoms with Crippen molar-refractivity contribution in [2.75, 3.05) is 7.11 Å². The summed E-state index contributed by atoms with van der Waals surface area (Å²) in [5.74, 6) is 0.218. The Morgan fingerprint density at radius 2 is 2.27 bits per heavy atom. The third-order valence-electron chi connectivity index (χ3n) is 1.50. The van der Waals surface area contributed by atoms with Crippen LogP contribution in [0.5, 0.6) is 0 Å². The molecule has 8 heteroatoms. The lowest BCUT2D eigenvalue weighted by Crippen LogP contribution is -1.99. The van der Waals surface area contributed by atoms with Crippen molar-refractivity contribution < 1.29 is 14.1 Å². The summed E-state index contributed by atoms with van der Waals surface area (Å²) in [6, 6.07) is 0. The van der Waals surface area contributed by atoms with Gasteiger partial charge in [0.1, 0.15) is 0 Å². The number of carbonyl (C=O) groups excluding carboxylic acids is 1. The van der Waals surface area contributed by atoms with Crippen LogP contribution in [0.15, 0.2) is 4.52 Å². The smallest absolute Gasteiger partial charge is 0.369 e. The first kappa shape index (κ1) is 9.71. The highest BCUT2D eigenvalue weighted by atomic mass is 32.1. The van der Waals surface area contributed by atoms with E-state index in [0.29, 0.717) is 10.8 Å². The monoisotopic (exact) mass is 226 g/mol. The van der Waals surface area contributed by atoms with Gasteiger partial charge in [-0.2, -0.15) is 4.98 Å². The fourth-order valence-electron chi connectivity index (χ4n) is 0.863. The maximum Gasteiger partial charge on any atom is 0.369 e. The van der Waals surface area contributed by atoms with Crippen molar-refractivity contribution in [2.45, 2.75) is 6.92 Å². The van der Waals surface area contributed by atoms with Gasteiger partial charge in [0.25, 0.3) is 5.89 Å². The van der Waals surface area contributed by atoms with Gasteiger partial charge in [-0.15, -0.1) is 10.2 Å². The maximum absolute atomic E-state index is 11.1. The van der Waals surface area contributed by atoms with E-state index in [1.54, 1.807) is 6.92 Å². The summed E-state index contributed by atoms with van der Waals surface area (Å²) in [6.07, 6.45) is 0. The molecule has 0 aromatic carbocycles. The van der Waals surface area contributed by atoms with Gasteiger partial charge in [-0.3, -0.25) is 0 Å². The minimum atomic E-state index is -0.532. The molecule has 0 N–H and O–H groups in total.